The van der Waals surface area contributed by atoms with Crippen LogP contribution in [0.25, 0.3) is 10.9 Å². The normalized spacial score (nSPS) is 16.1. The maximum atomic E-state index is 12.4. The van der Waals surface area contributed by atoms with Crippen LogP contribution in [0.1, 0.15) is 21.5 Å². The molecule has 138 valence electrons. The SMILES string of the molecule is O=C1OC(C(=O)NCCc2c[nH]c3ccc(Cl)cc23)Cc2cc(Cl)ccc21. The predicted molar refractivity (Wildman–Crippen MR) is 104 cm³/mol. The molecule has 1 aromatic heterocycles. The van der Waals surface area contributed by atoms with Gasteiger partial charge in [-0.25, -0.2) is 4.79 Å². The fraction of sp³-hybridized carbons (Fsp3) is 0.200. The van der Waals surface area contributed by atoms with Crippen LogP contribution in [0.3, 0.4) is 0 Å². The van der Waals surface area contributed by atoms with E-state index in [2.05, 4.69) is 10.3 Å². The third-order valence-corrected chi connectivity index (χ3v) is 5.13. The minimum absolute atomic E-state index is 0.313. The van der Waals surface area contributed by atoms with Gasteiger partial charge >= 0.3 is 5.97 Å². The summed E-state index contributed by atoms with van der Waals surface area (Å²) < 4.78 is 5.27. The van der Waals surface area contributed by atoms with Gasteiger partial charge in [-0.2, -0.15) is 0 Å². The molecule has 5 nitrogen and oxygen atoms in total. The van der Waals surface area contributed by atoms with Crippen LogP contribution < -0.4 is 5.32 Å². The van der Waals surface area contributed by atoms with Gasteiger partial charge in [-0.05, 0) is 53.9 Å². The highest BCUT2D eigenvalue weighted by Crippen LogP contribution is 2.25. The lowest BCUT2D eigenvalue weighted by atomic mass is 9.98. The van der Waals surface area contributed by atoms with Gasteiger partial charge in [0.1, 0.15) is 0 Å². The largest absolute Gasteiger partial charge is 0.448 e. The number of carbonyl (C=O) groups is 2. The van der Waals surface area contributed by atoms with Crippen molar-refractivity contribution in [2.75, 3.05) is 6.54 Å². The van der Waals surface area contributed by atoms with Crippen LogP contribution in [-0.4, -0.2) is 29.5 Å². The molecule has 2 heterocycles. The average Bonchev–Trinajstić information content (AvgIpc) is 3.03. The van der Waals surface area contributed by atoms with Crippen molar-refractivity contribution in [2.24, 2.45) is 0 Å². The fourth-order valence-electron chi connectivity index (χ4n) is 3.30. The zero-order valence-corrected chi connectivity index (χ0v) is 15.7. The molecule has 1 amide bonds. The fourth-order valence-corrected chi connectivity index (χ4v) is 3.67. The molecule has 0 saturated carbocycles. The summed E-state index contributed by atoms with van der Waals surface area (Å²) in [5.41, 5.74) is 3.24. The summed E-state index contributed by atoms with van der Waals surface area (Å²) in [7, 11) is 0. The quantitative estimate of drug-likeness (QED) is 0.649. The number of aromatic amines is 1. The second-order valence-corrected chi connectivity index (χ2v) is 7.32. The van der Waals surface area contributed by atoms with Crippen molar-refractivity contribution in [3.05, 3.63) is 69.3 Å². The average molecular weight is 403 g/mol. The third-order valence-electron chi connectivity index (χ3n) is 4.66. The molecular weight excluding hydrogens is 387 g/mol. The molecule has 0 spiro atoms. The lowest BCUT2D eigenvalue weighted by Gasteiger charge is -2.24. The number of nitrogens with one attached hydrogen (secondary N) is 2. The number of halogens is 2. The Hall–Kier alpha value is -2.50. The smallest absolute Gasteiger partial charge is 0.339 e. The minimum atomic E-state index is -0.846. The molecule has 0 saturated heterocycles. The van der Waals surface area contributed by atoms with E-state index in [9.17, 15) is 9.59 Å². The van der Waals surface area contributed by atoms with Crippen LogP contribution >= 0.6 is 23.2 Å². The maximum absolute atomic E-state index is 12.4. The molecule has 7 heteroatoms. The molecule has 0 radical (unpaired) electrons. The van der Waals surface area contributed by atoms with E-state index < -0.39 is 12.1 Å². The van der Waals surface area contributed by atoms with Gasteiger partial charge in [-0.1, -0.05) is 23.2 Å². The predicted octanol–water partition coefficient (Wildman–Crippen LogP) is 3.92. The van der Waals surface area contributed by atoms with Crippen molar-refractivity contribution in [2.45, 2.75) is 18.9 Å². The summed E-state index contributed by atoms with van der Waals surface area (Å²) in [6.45, 7) is 0.425. The topological polar surface area (TPSA) is 71.2 Å². The molecule has 0 bridgehead atoms. The Morgan fingerprint density at radius 3 is 2.81 bits per heavy atom. The molecule has 0 aliphatic carbocycles. The van der Waals surface area contributed by atoms with Crippen molar-refractivity contribution in [3.63, 3.8) is 0 Å². The number of rotatable bonds is 4. The van der Waals surface area contributed by atoms with Gasteiger partial charge in [0.2, 0.25) is 0 Å². The first-order valence-corrected chi connectivity index (χ1v) is 9.29. The van der Waals surface area contributed by atoms with Crippen molar-refractivity contribution in [1.29, 1.82) is 0 Å². The molecule has 2 N–H and O–H groups in total. The minimum Gasteiger partial charge on any atom is -0.448 e. The van der Waals surface area contributed by atoms with E-state index in [0.717, 1.165) is 22.0 Å². The highest BCUT2D eigenvalue weighted by molar-refractivity contribution is 6.31. The molecule has 0 fully saturated rings. The second-order valence-electron chi connectivity index (χ2n) is 6.44. The number of ether oxygens (including phenoxy) is 1. The van der Waals surface area contributed by atoms with Gasteiger partial charge in [-0.15, -0.1) is 0 Å². The highest BCUT2D eigenvalue weighted by atomic mass is 35.5. The van der Waals surface area contributed by atoms with E-state index in [1.165, 1.54) is 0 Å². The summed E-state index contributed by atoms with van der Waals surface area (Å²) >= 11 is 12.0. The van der Waals surface area contributed by atoms with E-state index >= 15 is 0 Å². The van der Waals surface area contributed by atoms with E-state index in [1.54, 1.807) is 18.2 Å². The Balaban J connectivity index is 1.39. The lowest BCUT2D eigenvalue weighted by Crippen LogP contribution is -2.42. The number of fused-ring (bicyclic) bond motifs is 2. The van der Waals surface area contributed by atoms with Crippen molar-refractivity contribution in [1.82, 2.24) is 10.3 Å². The number of cyclic esters (lactones) is 1. The van der Waals surface area contributed by atoms with E-state index in [4.69, 9.17) is 27.9 Å². The number of hydrogen-bond donors (Lipinski definition) is 2. The van der Waals surface area contributed by atoms with Crippen LogP contribution in [0.5, 0.6) is 0 Å². The zero-order valence-electron chi connectivity index (χ0n) is 14.2. The van der Waals surface area contributed by atoms with E-state index in [-0.39, 0.29) is 5.91 Å². The Morgan fingerprint density at radius 1 is 1.19 bits per heavy atom. The molecule has 2 aromatic carbocycles. The van der Waals surface area contributed by atoms with Gasteiger partial charge in [-0.3, -0.25) is 4.79 Å². The van der Waals surface area contributed by atoms with Crippen LogP contribution in [0.2, 0.25) is 10.0 Å². The molecule has 4 rings (SSSR count). The highest BCUT2D eigenvalue weighted by Gasteiger charge is 2.31. The number of hydrogen-bond acceptors (Lipinski definition) is 3. The number of aromatic nitrogens is 1. The zero-order chi connectivity index (χ0) is 19.0. The summed E-state index contributed by atoms with van der Waals surface area (Å²) in [4.78, 5) is 27.7. The molecule has 1 atom stereocenters. The van der Waals surface area contributed by atoms with Crippen LogP contribution in [0.4, 0.5) is 0 Å². The number of esters is 1. The van der Waals surface area contributed by atoms with Gasteiger partial charge in [0.25, 0.3) is 5.91 Å². The third kappa shape index (κ3) is 3.66. The Bertz CT molecular complexity index is 1040. The Kier molecular flexibility index (Phi) is 4.81. The second kappa shape index (κ2) is 7.25. The molecule has 1 aliphatic heterocycles. The first kappa shape index (κ1) is 17.9. The van der Waals surface area contributed by atoms with Crippen LogP contribution in [-0.2, 0) is 22.4 Å². The molecule has 1 aliphatic rings. The summed E-state index contributed by atoms with van der Waals surface area (Å²) in [6, 6.07) is 10.6. The van der Waals surface area contributed by atoms with Crippen molar-refractivity contribution in [3.8, 4) is 0 Å². The number of benzene rings is 2. The van der Waals surface area contributed by atoms with Crippen molar-refractivity contribution < 1.29 is 14.3 Å². The van der Waals surface area contributed by atoms with Gasteiger partial charge in [0, 0.05) is 40.1 Å². The van der Waals surface area contributed by atoms with E-state index in [0.29, 0.717) is 35.0 Å². The number of H-pyrrole nitrogens is 1. The molecular formula is C20H16Cl2N2O3. The summed E-state index contributed by atoms with van der Waals surface area (Å²) in [5, 5.41) is 5.07. The summed E-state index contributed by atoms with van der Waals surface area (Å²) in [6.07, 6.45) is 2.01. The molecule has 3 aromatic rings. The van der Waals surface area contributed by atoms with E-state index in [1.807, 2.05) is 24.4 Å². The first-order valence-electron chi connectivity index (χ1n) is 8.54. The Labute approximate surface area is 165 Å². The standard InChI is InChI=1S/C20H16Cl2N2O3/c21-13-1-3-15-12(7-13)8-18(27-20(15)26)19(25)23-6-5-11-10-24-17-4-2-14(22)9-16(11)17/h1-4,7,9-10,18,24H,5-6,8H2,(H,23,25). The molecule has 27 heavy (non-hydrogen) atoms. The first-order chi connectivity index (χ1) is 13.0. The Morgan fingerprint density at radius 2 is 1.96 bits per heavy atom. The lowest BCUT2D eigenvalue weighted by molar-refractivity contribution is -0.130. The van der Waals surface area contributed by atoms with Crippen molar-refractivity contribution >= 4 is 46.0 Å². The van der Waals surface area contributed by atoms with Gasteiger partial charge in [0.05, 0.1) is 5.56 Å². The monoisotopic (exact) mass is 402 g/mol. The van der Waals surface area contributed by atoms with Gasteiger partial charge < -0.3 is 15.0 Å². The number of carbonyl (C=O) groups excluding carboxylic acids is 2. The maximum Gasteiger partial charge on any atom is 0.339 e. The van der Waals surface area contributed by atoms with Crippen LogP contribution in [0, 0.1) is 0 Å². The number of amides is 1. The molecule has 1 unspecified atom stereocenters. The van der Waals surface area contributed by atoms with Gasteiger partial charge in [0.15, 0.2) is 6.10 Å². The van der Waals surface area contributed by atoms with Crippen LogP contribution in [0.15, 0.2) is 42.6 Å². The summed E-state index contributed by atoms with van der Waals surface area (Å²) in [5.74, 6) is -0.814.